The van der Waals surface area contributed by atoms with Crippen LogP contribution in [0.25, 0.3) is 0 Å². The summed E-state index contributed by atoms with van der Waals surface area (Å²) in [4.78, 5) is 23.2. The number of ether oxygens (including phenoxy) is 2. The van der Waals surface area contributed by atoms with E-state index >= 15 is 0 Å². The second-order valence-electron chi connectivity index (χ2n) is 4.81. The van der Waals surface area contributed by atoms with Crippen molar-refractivity contribution in [3.8, 4) is 0 Å². The van der Waals surface area contributed by atoms with Crippen LogP contribution in [-0.4, -0.2) is 35.9 Å². The van der Waals surface area contributed by atoms with Crippen molar-refractivity contribution in [1.82, 2.24) is 0 Å². The van der Waals surface area contributed by atoms with E-state index in [1.807, 2.05) is 6.92 Å². The van der Waals surface area contributed by atoms with Crippen LogP contribution in [0.5, 0.6) is 0 Å². The zero-order valence-corrected chi connectivity index (χ0v) is 9.98. The van der Waals surface area contributed by atoms with Crippen molar-refractivity contribution in [2.75, 3.05) is 13.2 Å². The van der Waals surface area contributed by atoms with Crippen LogP contribution in [0.2, 0.25) is 0 Å². The van der Waals surface area contributed by atoms with Crippen molar-refractivity contribution >= 4 is 11.9 Å². The van der Waals surface area contributed by atoms with Crippen molar-refractivity contribution < 1.29 is 24.2 Å². The molecule has 0 aromatic rings. The molecule has 1 N–H and O–H groups in total. The van der Waals surface area contributed by atoms with Crippen molar-refractivity contribution in [1.29, 1.82) is 0 Å². The lowest BCUT2D eigenvalue weighted by atomic mass is 9.77. The van der Waals surface area contributed by atoms with Crippen LogP contribution in [-0.2, 0) is 19.1 Å². The van der Waals surface area contributed by atoms with Gasteiger partial charge in [0.2, 0.25) is 5.60 Å². The molecule has 2 rings (SSSR count). The smallest absolute Gasteiger partial charge is 0.348 e. The third kappa shape index (κ3) is 2.04. The fourth-order valence-corrected chi connectivity index (χ4v) is 2.78. The molecule has 0 bridgehead atoms. The number of carbonyl (C=O) groups excluding carboxylic acids is 1. The monoisotopic (exact) mass is 242 g/mol. The van der Waals surface area contributed by atoms with Gasteiger partial charge in [-0.2, -0.15) is 0 Å². The zero-order valence-electron chi connectivity index (χ0n) is 9.98. The van der Waals surface area contributed by atoms with Crippen molar-refractivity contribution in [2.24, 2.45) is 11.8 Å². The van der Waals surface area contributed by atoms with E-state index in [2.05, 4.69) is 0 Å². The summed E-state index contributed by atoms with van der Waals surface area (Å²) >= 11 is 0. The van der Waals surface area contributed by atoms with Gasteiger partial charge < -0.3 is 14.6 Å². The number of carboxylic acids is 1. The van der Waals surface area contributed by atoms with Gasteiger partial charge in [0.1, 0.15) is 0 Å². The molecule has 5 nitrogen and oxygen atoms in total. The van der Waals surface area contributed by atoms with E-state index < -0.39 is 11.6 Å². The Kier molecular flexibility index (Phi) is 3.38. The predicted molar refractivity (Wildman–Crippen MR) is 58.4 cm³/mol. The van der Waals surface area contributed by atoms with Gasteiger partial charge in [-0.15, -0.1) is 0 Å². The van der Waals surface area contributed by atoms with Crippen molar-refractivity contribution in [2.45, 2.75) is 38.2 Å². The largest absolute Gasteiger partial charge is 0.478 e. The number of cyclic esters (lactones) is 1. The molecule has 0 spiro atoms. The summed E-state index contributed by atoms with van der Waals surface area (Å²) in [5, 5.41) is 9.43. The van der Waals surface area contributed by atoms with Gasteiger partial charge in [-0.05, 0) is 19.3 Å². The van der Waals surface area contributed by atoms with E-state index in [0.717, 1.165) is 0 Å². The van der Waals surface area contributed by atoms with Gasteiger partial charge in [0.05, 0.1) is 5.92 Å². The molecule has 2 aliphatic rings. The maximum absolute atomic E-state index is 11.7. The summed E-state index contributed by atoms with van der Waals surface area (Å²) < 4.78 is 10.5. The molecule has 17 heavy (non-hydrogen) atoms. The minimum atomic E-state index is -1.30. The van der Waals surface area contributed by atoms with Crippen molar-refractivity contribution in [3.63, 3.8) is 0 Å². The van der Waals surface area contributed by atoms with Crippen LogP contribution in [0.1, 0.15) is 32.6 Å². The highest BCUT2D eigenvalue weighted by atomic mass is 16.6. The first kappa shape index (κ1) is 12.4. The molecule has 2 heterocycles. The number of hydrogen-bond acceptors (Lipinski definition) is 4. The number of hydrogen-bond donors (Lipinski definition) is 1. The fraction of sp³-hybridized carbons (Fsp3) is 0.833. The molecule has 0 aromatic carbocycles. The first-order valence-electron chi connectivity index (χ1n) is 6.14. The lowest BCUT2D eigenvalue weighted by Gasteiger charge is -2.34. The molecule has 0 radical (unpaired) electrons. The van der Waals surface area contributed by atoms with Crippen LogP contribution < -0.4 is 0 Å². The molecule has 2 aliphatic heterocycles. The van der Waals surface area contributed by atoms with E-state index in [1.54, 1.807) is 0 Å². The van der Waals surface area contributed by atoms with Crippen molar-refractivity contribution in [3.05, 3.63) is 0 Å². The number of aliphatic carboxylic acids is 1. The molecule has 96 valence electrons. The molecule has 0 aliphatic carbocycles. The maximum atomic E-state index is 11.7. The Morgan fingerprint density at radius 3 is 2.59 bits per heavy atom. The van der Waals surface area contributed by atoms with Crippen LogP contribution in [0, 0.1) is 11.8 Å². The van der Waals surface area contributed by atoms with Crippen LogP contribution in [0.4, 0.5) is 0 Å². The highest BCUT2D eigenvalue weighted by Gasteiger charge is 2.56. The molecule has 0 aromatic heterocycles. The Morgan fingerprint density at radius 1 is 1.47 bits per heavy atom. The highest BCUT2D eigenvalue weighted by Crippen LogP contribution is 2.42. The third-order valence-corrected chi connectivity index (χ3v) is 3.90. The number of carboxylic acid groups (broad SMARTS) is 1. The Morgan fingerprint density at radius 2 is 2.12 bits per heavy atom. The molecule has 2 saturated heterocycles. The summed E-state index contributed by atoms with van der Waals surface area (Å²) in [6.45, 7) is 2.98. The Labute approximate surface area is 100 Å². The summed E-state index contributed by atoms with van der Waals surface area (Å²) in [6.07, 6.45) is 2.24. The van der Waals surface area contributed by atoms with E-state index in [-0.39, 0.29) is 17.8 Å². The van der Waals surface area contributed by atoms with E-state index in [4.69, 9.17) is 9.47 Å². The third-order valence-electron chi connectivity index (χ3n) is 3.90. The minimum Gasteiger partial charge on any atom is -0.478 e. The minimum absolute atomic E-state index is 0.116. The number of carbonyl (C=O) groups is 2. The lowest BCUT2D eigenvalue weighted by molar-refractivity contribution is -0.179. The van der Waals surface area contributed by atoms with Gasteiger partial charge in [-0.3, -0.25) is 4.79 Å². The summed E-state index contributed by atoms with van der Waals surface area (Å²) in [5.41, 5.74) is -1.30. The molecule has 0 saturated carbocycles. The Bertz CT molecular complexity index is 321. The molecule has 5 heteroatoms. The Hall–Kier alpha value is -1.10. The van der Waals surface area contributed by atoms with Crippen LogP contribution in [0.3, 0.4) is 0 Å². The highest BCUT2D eigenvalue weighted by molar-refractivity contribution is 5.87. The van der Waals surface area contributed by atoms with Gasteiger partial charge in [0.15, 0.2) is 0 Å². The summed E-state index contributed by atoms with van der Waals surface area (Å²) in [7, 11) is 0. The van der Waals surface area contributed by atoms with Crippen LogP contribution >= 0.6 is 0 Å². The second-order valence-corrected chi connectivity index (χ2v) is 4.81. The van der Waals surface area contributed by atoms with E-state index in [0.29, 0.717) is 38.9 Å². The van der Waals surface area contributed by atoms with Gasteiger partial charge in [0.25, 0.3) is 0 Å². The average molecular weight is 242 g/mol. The predicted octanol–water partition coefficient (Wildman–Crippen LogP) is 1.21. The van der Waals surface area contributed by atoms with Gasteiger partial charge >= 0.3 is 11.9 Å². The SMILES string of the molecule is CCC1CC(C(=O)O)(C2CCOCC2)OC1=O. The normalized spacial score (nSPS) is 34.6. The van der Waals surface area contributed by atoms with Gasteiger partial charge in [-0.1, -0.05) is 6.92 Å². The first-order chi connectivity index (χ1) is 8.10. The van der Waals surface area contributed by atoms with Gasteiger partial charge in [0, 0.05) is 25.6 Å². The summed E-state index contributed by atoms with van der Waals surface area (Å²) in [5.74, 6) is -1.75. The average Bonchev–Trinajstić information content (AvgIpc) is 2.69. The molecular formula is C12H18O5. The number of rotatable bonds is 3. The maximum Gasteiger partial charge on any atom is 0.348 e. The fourth-order valence-electron chi connectivity index (χ4n) is 2.78. The molecular weight excluding hydrogens is 224 g/mol. The molecule has 2 unspecified atom stereocenters. The molecule has 0 amide bonds. The second kappa shape index (κ2) is 4.64. The van der Waals surface area contributed by atoms with Crippen LogP contribution in [0.15, 0.2) is 0 Å². The molecule has 2 atom stereocenters. The lowest BCUT2D eigenvalue weighted by Crippen LogP contribution is -2.47. The van der Waals surface area contributed by atoms with Gasteiger partial charge in [-0.25, -0.2) is 4.79 Å². The van der Waals surface area contributed by atoms with E-state index in [1.165, 1.54) is 0 Å². The standard InChI is InChI=1S/C12H18O5/c1-2-8-7-12(11(14)15,17-10(8)13)9-3-5-16-6-4-9/h8-9H,2-7H2,1H3,(H,14,15). The first-order valence-corrected chi connectivity index (χ1v) is 6.14. The van der Waals surface area contributed by atoms with E-state index in [9.17, 15) is 14.7 Å². The summed E-state index contributed by atoms with van der Waals surface area (Å²) in [6, 6.07) is 0. The Balaban J connectivity index is 2.21. The topological polar surface area (TPSA) is 72.8 Å². The number of esters is 1. The zero-order chi connectivity index (χ0) is 12.5. The quantitative estimate of drug-likeness (QED) is 0.753. The molecule has 2 fully saturated rings.